The van der Waals surface area contributed by atoms with Gasteiger partial charge in [-0.1, -0.05) is 6.07 Å². The van der Waals surface area contributed by atoms with E-state index in [9.17, 15) is 4.79 Å². The number of hydrogen-bond acceptors (Lipinski definition) is 3. The van der Waals surface area contributed by atoms with Crippen molar-refractivity contribution in [3.63, 3.8) is 0 Å². The lowest BCUT2D eigenvalue weighted by molar-refractivity contribution is -0.130. The van der Waals surface area contributed by atoms with Gasteiger partial charge in [-0.15, -0.1) is 0 Å². The summed E-state index contributed by atoms with van der Waals surface area (Å²) in [5.41, 5.74) is 3.95. The second-order valence-electron chi connectivity index (χ2n) is 7.51. The summed E-state index contributed by atoms with van der Waals surface area (Å²) in [4.78, 5) is 16.1. The van der Waals surface area contributed by atoms with Crippen LogP contribution >= 0.6 is 0 Å². The zero-order valence-electron chi connectivity index (χ0n) is 15.3. The first kappa shape index (κ1) is 17.3. The molecule has 1 aromatic carbocycles. The van der Waals surface area contributed by atoms with Crippen LogP contribution in [0.2, 0.25) is 0 Å². The van der Waals surface area contributed by atoms with E-state index in [-0.39, 0.29) is 5.91 Å². The summed E-state index contributed by atoms with van der Waals surface area (Å²) in [5, 5.41) is 3.74. The lowest BCUT2D eigenvalue weighted by Crippen LogP contribution is -2.51. The number of hydrogen-bond donors (Lipinski definition) is 1. The minimum absolute atomic E-state index is 0.223. The molecule has 3 rings (SSSR count). The number of rotatable bonds is 3. The topological polar surface area (TPSA) is 35.6 Å². The summed E-state index contributed by atoms with van der Waals surface area (Å²) < 4.78 is 0. The van der Waals surface area contributed by atoms with Crippen molar-refractivity contribution in [2.45, 2.75) is 58.5 Å². The van der Waals surface area contributed by atoms with Gasteiger partial charge in [-0.05, 0) is 69.3 Å². The highest BCUT2D eigenvalue weighted by Gasteiger charge is 2.29. The number of aryl methyl sites for hydroxylation is 2. The Morgan fingerprint density at radius 2 is 1.83 bits per heavy atom. The molecule has 2 fully saturated rings. The van der Waals surface area contributed by atoms with Gasteiger partial charge in [0.25, 0.3) is 0 Å². The Morgan fingerprint density at radius 1 is 1.08 bits per heavy atom. The van der Waals surface area contributed by atoms with E-state index in [0.29, 0.717) is 12.1 Å². The van der Waals surface area contributed by atoms with Crippen LogP contribution in [0.4, 0.5) is 5.69 Å². The van der Waals surface area contributed by atoms with Crippen LogP contribution in [-0.4, -0.2) is 54.0 Å². The molecular weight excluding hydrogens is 298 g/mol. The molecule has 2 aliphatic heterocycles. The maximum Gasteiger partial charge on any atom is 0.219 e. The van der Waals surface area contributed by atoms with E-state index in [4.69, 9.17) is 0 Å². The zero-order valence-corrected chi connectivity index (χ0v) is 15.3. The first-order chi connectivity index (χ1) is 11.5. The molecule has 2 aliphatic rings. The Labute approximate surface area is 146 Å². The zero-order chi connectivity index (χ0) is 17.1. The summed E-state index contributed by atoms with van der Waals surface area (Å²) in [7, 11) is 0. The lowest BCUT2D eigenvalue weighted by Gasteiger charge is -2.42. The highest BCUT2D eigenvalue weighted by molar-refractivity contribution is 5.73. The molecule has 0 aliphatic carbocycles. The van der Waals surface area contributed by atoms with Crippen molar-refractivity contribution >= 4 is 11.6 Å². The number of nitrogens with zero attached hydrogens (tertiary/aromatic N) is 2. The number of likely N-dealkylation sites (tertiary alicyclic amines) is 2. The van der Waals surface area contributed by atoms with Gasteiger partial charge >= 0.3 is 0 Å². The molecule has 2 saturated heterocycles. The molecular formula is C20H31N3O. The summed E-state index contributed by atoms with van der Waals surface area (Å²) in [6.07, 6.45) is 4.75. The van der Waals surface area contributed by atoms with E-state index >= 15 is 0 Å². The fourth-order valence-corrected chi connectivity index (χ4v) is 4.07. The fourth-order valence-electron chi connectivity index (χ4n) is 4.07. The van der Waals surface area contributed by atoms with Crippen molar-refractivity contribution in [2.75, 3.05) is 31.5 Å². The number of anilines is 1. The molecule has 1 aromatic rings. The second-order valence-corrected chi connectivity index (χ2v) is 7.51. The third kappa shape index (κ3) is 4.10. The molecule has 1 amide bonds. The van der Waals surface area contributed by atoms with Crippen molar-refractivity contribution in [2.24, 2.45) is 0 Å². The Morgan fingerprint density at radius 3 is 2.50 bits per heavy atom. The van der Waals surface area contributed by atoms with Crippen LogP contribution in [0.3, 0.4) is 0 Å². The van der Waals surface area contributed by atoms with E-state index in [2.05, 4.69) is 42.3 Å². The molecule has 0 spiro atoms. The van der Waals surface area contributed by atoms with E-state index in [1.165, 1.54) is 36.2 Å². The molecule has 0 unspecified atom stereocenters. The van der Waals surface area contributed by atoms with Crippen molar-refractivity contribution in [1.29, 1.82) is 0 Å². The van der Waals surface area contributed by atoms with Crippen molar-refractivity contribution in [3.8, 4) is 0 Å². The number of nitrogens with one attached hydrogen (secondary N) is 1. The molecule has 0 radical (unpaired) electrons. The molecule has 4 nitrogen and oxygen atoms in total. The fraction of sp³-hybridized carbons (Fsp3) is 0.650. The Bertz CT molecular complexity index is 578. The normalized spacial score (nSPS) is 23.3. The standard InChI is InChI=1S/C20H31N3O/c1-15-6-7-18(13-16(15)2)21-19-5-4-10-23(14-19)20-8-11-22(12-9-20)17(3)24/h6-7,13,19-21H,4-5,8-12,14H2,1-3H3/t19-/m0/s1. The van der Waals surface area contributed by atoms with Gasteiger partial charge in [-0.3, -0.25) is 9.69 Å². The van der Waals surface area contributed by atoms with Gasteiger partial charge in [-0.2, -0.15) is 0 Å². The van der Waals surface area contributed by atoms with Gasteiger partial charge in [0.1, 0.15) is 0 Å². The van der Waals surface area contributed by atoms with Gasteiger partial charge in [-0.25, -0.2) is 0 Å². The Kier molecular flexibility index (Phi) is 5.44. The second kappa shape index (κ2) is 7.56. The van der Waals surface area contributed by atoms with Crippen molar-refractivity contribution in [3.05, 3.63) is 29.3 Å². The van der Waals surface area contributed by atoms with Gasteiger partial charge in [0.2, 0.25) is 5.91 Å². The third-order valence-corrected chi connectivity index (χ3v) is 5.76. The van der Waals surface area contributed by atoms with Crippen LogP contribution < -0.4 is 5.32 Å². The molecule has 2 heterocycles. The Balaban J connectivity index is 1.54. The number of carbonyl (C=O) groups excluding carboxylic acids is 1. The number of amides is 1. The highest BCUT2D eigenvalue weighted by Crippen LogP contribution is 2.23. The van der Waals surface area contributed by atoms with Gasteiger partial charge in [0, 0.05) is 44.3 Å². The summed E-state index contributed by atoms with van der Waals surface area (Å²) in [6.45, 7) is 10.2. The quantitative estimate of drug-likeness (QED) is 0.925. The largest absolute Gasteiger partial charge is 0.381 e. The van der Waals surface area contributed by atoms with Crippen LogP contribution in [0, 0.1) is 13.8 Å². The van der Waals surface area contributed by atoms with Crippen LogP contribution in [0.1, 0.15) is 43.7 Å². The minimum atomic E-state index is 0.223. The molecule has 1 N–H and O–H groups in total. The van der Waals surface area contributed by atoms with Crippen LogP contribution in [0.25, 0.3) is 0 Å². The molecule has 0 saturated carbocycles. The van der Waals surface area contributed by atoms with Crippen LogP contribution in [0.15, 0.2) is 18.2 Å². The molecule has 132 valence electrons. The van der Waals surface area contributed by atoms with E-state index < -0.39 is 0 Å². The SMILES string of the molecule is CC(=O)N1CCC(N2CCC[C@H](Nc3ccc(C)c(C)c3)C2)CC1. The number of carbonyl (C=O) groups is 1. The summed E-state index contributed by atoms with van der Waals surface area (Å²) >= 11 is 0. The summed E-state index contributed by atoms with van der Waals surface area (Å²) in [6, 6.07) is 7.85. The van der Waals surface area contributed by atoms with Crippen molar-refractivity contribution in [1.82, 2.24) is 9.80 Å². The molecule has 1 atom stereocenters. The predicted molar refractivity (Wildman–Crippen MR) is 99.4 cm³/mol. The van der Waals surface area contributed by atoms with E-state index in [1.54, 1.807) is 6.92 Å². The van der Waals surface area contributed by atoms with Gasteiger partial charge in [0.05, 0.1) is 0 Å². The molecule has 24 heavy (non-hydrogen) atoms. The monoisotopic (exact) mass is 329 g/mol. The maximum absolute atomic E-state index is 11.5. The predicted octanol–water partition coefficient (Wildman–Crippen LogP) is 3.19. The average molecular weight is 329 g/mol. The van der Waals surface area contributed by atoms with Gasteiger partial charge < -0.3 is 10.2 Å². The van der Waals surface area contributed by atoms with Crippen LogP contribution in [0.5, 0.6) is 0 Å². The van der Waals surface area contributed by atoms with E-state index in [0.717, 1.165) is 32.5 Å². The lowest BCUT2D eigenvalue weighted by atomic mass is 9.97. The van der Waals surface area contributed by atoms with Gasteiger partial charge in [0.15, 0.2) is 0 Å². The molecule has 0 bridgehead atoms. The third-order valence-electron chi connectivity index (χ3n) is 5.76. The number of piperidine rings is 2. The summed E-state index contributed by atoms with van der Waals surface area (Å²) in [5.74, 6) is 0.223. The maximum atomic E-state index is 11.5. The van der Waals surface area contributed by atoms with E-state index in [1.807, 2.05) is 4.90 Å². The first-order valence-electron chi connectivity index (χ1n) is 9.36. The molecule has 0 aromatic heterocycles. The minimum Gasteiger partial charge on any atom is -0.381 e. The first-order valence-corrected chi connectivity index (χ1v) is 9.36. The molecule has 4 heteroatoms. The van der Waals surface area contributed by atoms with Crippen LogP contribution in [-0.2, 0) is 4.79 Å². The van der Waals surface area contributed by atoms with Crippen molar-refractivity contribution < 1.29 is 4.79 Å². The smallest absolute Gasteiger partial charge is 0.219 e. The number of benzene rings is 1. The Hall–Kier alpha value is -1.55. The highest BCUT2D eigenvalue weighted by atomic mass is 16.2. The average Bonchev–Trinajstić information content (AvgIpc) is 2.58.